The van der Waals surface area contributed by atoms with Crippen molar-refractivity contribution in [1.82, 2.24) is 5.32 Å². The van der Waals surface area contributed by atoms with E-state index in [9.17, 15) is 24.1 Å². The first kappa shape index (κ1) is 18.8. The summed E-state index contributed by atoms with van der Waals surface area (Å²) < 4.78 is 23.1. The third-order valence-corrected chi connectivity index (χ3v) is 3.38. The normalized spacial score (nSPS) is 10.1. The highest BCUT2D eigenvalue weighted by atomic mass is 19.1. The quantitative estimate of drug-likeness (QED) is 0.460. The number of hydrogen-bond donors (Lipinski definition) is 1. The van der Waals surface area contributed by atoms with Crippen LogP contribution >= 0.6 is 0 Å². The van der Waals surface area contributed by atoms with Crippen molar-refractivity contribution >= 4 is 17.6 Å². The van der Waals surface area contributed by atoms with Crippen molar-refractivity contribution in [3.63, 3.8) is 0 Å². The van der Waals surface area contributed by atoms with Crippen molar-refractivity contribution < 1.29 is 28.4 Å². The number of benzene rings is 2. The van der Waals surface area contributed by atoms with Crippen LogP contribution in [0, 0.1) is 15.9 Å². The second-order valence-corrected chi connectivity index (χ2v) is 5.09. The SMILES string of the molecule is COc1ccc(C(=O)OCC(=O)NCc2ccccc2F)cc1[N+](=O)[O-]. The Labute approximate surface area is 147 Å². The molecule has 2 aromatic carbocycles. The third-order valence-electron chi connectivity index (χ3n) is 3.38. The fourth-order valence-electron chi connectivity index (χ4n) is 2.06. The van der Waals surface area contributed by atoms with Crippen LogP contribution in [0.3, 0.4) is 0 Å². The molecule has 0 spiro atoms. The Morgan fingerprint density at radius 3 is 2.62 bits per heavy atom. The Balaban J connectivity index is 1.92. The maximum atomic E-state index is 13.4. The van der Waals surface area contributed by atoms with Crippen LogP contribution in [0.25, 0.3) is 0 Å². The van der Waals surface area contributed by atoms with Crippen molar-refractivity contribution in [1.29, 1.82) is 0 Å². The lowest BCUT2D eigenvalue weighted by Crippen LogP contribution is -2.28. The van der Waals surface area contributed by atoms with Gasteiger partial charge in [0.05, 0.1) is 17.6 Å². The number of ether oxygens (including phenoxy) is 2. The topological polar surface area (TPSA) is 108 Å². The van der Waals surface area contributed by atoms with Crippen molar-refractivity contribution in [3.05, 3.63) is 69.5 Å². The van der Waals surface area contributed by atoms with Gasteiger partial charge in [0, 0.05) is 18.2 Å². The molecule has 0 aliphatic carbocycles. The van der Waals surface area contributed by atoms with Gasteiger partial charge < -0.3 is 14.8 Å². The van der Waals surface area contributed by atoms with Crippen molar-refractivity contribution in [2.45, 2.75) is 6.54 Å². The number of hydrogen-bond acceptors (Lipinski definition) is 6. The molecule has 0 aliphatic rings. The van der Waals surface area contributed by atoms with E-state index in [4.69, 9.17) is 9.47 Å². The van der Waals surface area contributed by atoms with E-state index in [1.54, 1.807) is 6.07 Å². The first-order chi connectivity index (χ1) is 12.4. The first-order valence-electron chi connectivity index (χ1n) is 7.42. The Morgan fingerprint density at radius 1 is 1.23 bits per heavy atom. The summed E-state index contributed by atoms with van der Waals surface area (Å²) in [5.74, 6) is -2.01. The van der Waals surface area contributed by atoms with Gasteiger partial charge >= 0.3 is 11.7 Å². The standard InChI is InChI=1S/C17H15FN2O6/c1-25-15-7-6-11(8-14(15)20(23)24)17(22)26-10-16(21)19-9-12-4-2-3-5-13(12)18/h2-8H,9-10H2,1H3,(H,19,21). The summed E-state index contributed by atoms with van der Waals surface area (Å²) in [6, 6.07) is 9.46. The average Bonchev–Trinajstić information content (AvgIpc) is 2.64. The molecule has 136 valence electrons. The molecule has 0 bridgehead atoms. The largest absolute Gasteiger partial charge is 0.490 e. The van der Waals surface area contributed by atoms with Crippen LogP contribution in [-0.2, 0) is 16.1 Å². The lowest BCUT2D eigenvalue weighted by Gasteiger charge is -2.08. The summed E-state index contributed by atoms with van der Waals surface area (Å²) in [5.41, 5.74) is -0.205. The highest BCUT2D eigenvalue weighted by Crippen LogP contribution is 2.27. The first-order valence-corrected chi connectivity index (χ1v) is 7.42. The van der Waals surface area contributed by atoms with E-state index in [1.165, 1.54) is 37.4 Å². The lowest BCUT2D eigenvalue weighted by molar-refractivity contribution is -0.385. The number of nitrogens with zero attached hydrogens (tertiary/aromatic N) is 1. The zero-order chi connectivity index (χ0) is 19.1. The fourth-order valence-corrected chi connectivity index (χ4v) is 2.06. The number of rotatable bonds is 7. The number of carbonyl (C=O) groups is 2. The third kappa shape index (κ3) is 4.76. The molecule has 0 aliphatic heterocycles. The minimum Gasteiger partial charge on any atom is -0.490 e. The predicted molar refractivity (Wildman–Crippen MR) is 88.2 cm³/mol. The number of nitro benzene ring substituents is 1. The van der Waals surface area contributed by atoms with Gasteiger partial charge in [-0.25, -0.2) is 9.18 Å². The van der Waals surface area contributed by atoms with Crippen molar-refractivity contribution in [3.8, 4) is 5.75 Å². The number of nitro groups is 1. The summed E-state index contributed by atoms with van der Waals surface area (Å²) in [4.78, 5) is 33.9. The Bertz CT molecular complexity index is 840. The number of methoxy groups -OCH3 is 1. The monoisotopic (exact) mass is 362 g/mol. The van der Waals surface area contributed by atoms with Crippen molar-refractivity contribution in [2.24, 2.45) is 0 Å². The summed E-state index contributed by atoms with van der Waals surface area (Å²) >= 11 is 0. The molecule has 2 aromatic rings. The van der Waals surface area contributed by atoms with Gasteiger partial charge in [0.1, 0.15) is 5.82 Å². The van der Waals surface area contributed by atoms with E-state index < -0.39 is 34.9 Å². The van der Waals surface area contributed by atoms with Gasteiger partial charge in [0.2, 0.25) is 0 Å². The number of esters is 1. The predicted octanol–water partition coefficient (Wildman–Crippen LogP) is 2.22. The number of nitrogens with one attached hydrogen (secondary N) is 1. The van der Waals surface area contributed by atoms with Gasteiger partial charge in [-0.1, -0.05) is 18.2 Å². The smallest absolute Gasteiger partial charge is 0.338 e. The van der Waals surface area contributed by atoms with Crippen LogP contribution in [-0.4, -0.2) is 30.5 Å². The van der Waals surface area contributed by atoms with Crippen LogP contribution < -0.4 is 10.1 Å². The van der Waals surface area contributed by atoms with Gasteiger partial charge in [-0.15, -0.1) is 0 Å². The second-order valence-electron chi connectivity index (χ2n) is 5.09. The molecule has 0 fully saturated rings. The van der Waals surface area contributed by atoms with Crippen LogP contribution in [0.15, 0.2) is 42.5 Å². The molecule has 0 radical (unpaired) electrons. The highest BCUT2D eigenvalue weighted by molar-refractivity contribution is 5.92. The highest BCUT2D eigenvalue weighted by Gasteiger charge is 2.19. The van der Waals surface area contributed by atoms with Crippen LogP contribution in [0.5, 0.6) is 5.75 Å². The Hall–Kier alpha value is -3.49. The Morgan fingerprint density at radius 2 is 1.96 bits per heavy atom. The molecule has 26 heavy (non-hydrogen) atoms. The average molecular weight is 362 g/mol. The maximum absolute atomic E-state index is 13.4. The van der Waals surface area contributed by atoms with Gasteiger partial charge in [-0.3, -0.25) is 14.9 Å². The minimum absolute atomic E-state index is 0.00539. The van der Waals surface area contributed by atoms with Gasteiger partial charge in [-0.2, -0.15) is 0 Å². The minimum atomic E-state index is -0.906. The molecule has 0 saturated heterocycles. The Kier molecular flexibility index (Phi) is 6.20. The number of amides is 1. The zero-order valence-electron chi connectivity index (χ0n) is 13.7. The van der Waals surface area contributed by atoms with E-state index >= 15 is 0 Å². The van der Waals surface area contributed by atoms with Crippen LogP contribution in [0.4, 0.5) is 10.1 Å². The zero-order valence-corrected chi connectivity index (χ0v) is 13.7. The summed E-state index contributed by atoms with van der Waals surface area (Å²) in [7, 11) is 1.26. The maximum Gasteiger partial charge on any atom is 0.338 e. The van der Waals surface area contributed by atoms with Gasteiger partial charge in [0.25, 0.3) is 5.91 Å². The molecular weight excluding hydrogens is 347 g/mol. The molecule has 0 saturated carbocycles. The molecule has 0 aromatic heterocycles. The van der Waals surface area contributed by atoms with Crippen molar-refractivity contribution in [2.75, 3.05) is 13.7 Å². The van der Waals surface area contributed by atoms with E-state index in [1.807, 2.05) is 0 Å². The molecule has 0 unspecified atom stereocenters. The molecule has 9 heteroatoms. The molecule has 2 rings (SSSR count). The van der Waals surface area contributed by atoms with Crippen LogP contribution in [0.1, 0.15) is 15.9 Å². The molecule has 1 amide bonds. The van der Waals surface area contributed by atoms with E-state index in [-0.39, 0.29) is 23.4 Å². The van der Waals surface area contributed by atoms with E-state index in [0.29, 0.717) is 0 Å². The molecule has 0 atom stereocenters. The second kappa shape index (κ2) is 8.56. The lowest BCUT2D eigenvalue weighted by atomic mass is 10.2. The van der Waals surface area contributed by atoms with E-state index in [2.05, 4.69) is 5.32 Å². The molecule has 1 N–H and O–H groups in total. The summed E-state index contributed by atoms with van der Waals surface area (Å²) in [5, 5.41) is 13.4. The molecule has 0 heterocycles. The number of halogens is 1. The van der Waals surface area contributed by atoms with E-state index in [0.717, 1.165) is 6.07 Å². The number of carbonyl (C=O) groups excluding carboxylic acids is 2. The van der Waals surface area contributed by atoms with Crippen LogP contribution in [0.2, 0.25) is 0 Å². The van der Waals surface area contributed by atoms with Gasteiger partial charge in [0.15, 0.2) is 12.4 Å². The fraction of sp³-hybridized carbons (Fsp3) is 0.176. The summed E-state index contributed by atoms with van der Waals surface area (Å²) in [6.45, 7) is -0.663. The molecule has 8 nitrogen and oxygen atoms in total. The molecular formula is C17H15FN2O6. The van der Waals surface area contributed by atoms with Gasteiger partial charge in [-0.05, 0) is 18.2 Å². The summed E-state index contributed by atoms with van der Waals surface area (Å²) in [6.07, 6.45) is 0.